The number of benzene rings is 1. The van der Waals surface area contributed by atoms with E-state index >= 15 is 0 Å². The van der Waals surface area contributed by atoms with Gasteiger partial charge in [-0.1, -0.05) is 48.0 Å². The van der Waals surface area contributed by atoms with E-state index in [1.54, 1.807) is 5.56 Å². The first-order valence-electron chi connectivity index (χ1n) is 6.00. The van der Waals surface area contributed by atoms with E-state index in [2.05, 4.69) is 54.0 Å². The molecular weight excluding hydrogens is 280 g/mol. The molecule has 1 aliphatic rings. The van der Waals surface area contributed by atoms with Crippen LogP contribution in [0.25, 0.3) is 0 Å². The van der Waals surface area contributed by atoms with E-state index in [1.165, 1.54) is 17.1 Å². The minimum Gasteiger partial charge on any atom is -0.125 e. The Bertz CT molecular complexity index is 348. The number of hydrogen-bond donors (Lipinski definition) is 0. The first-order valence-corrected chi connectivity index (χ1v) is 8.10. The van der Waals surface area contributed by atoms with Crippen molar-refractivity contribution in [2.45, 2.75) is 31.1 Å². The van der Waals surface area contributed by atoms with Gasteiger partial charge in [0.25, 0.3) is 0 Å². The van der Waals surface area contributed by atoms with Gasteiger partial charge in [0.05, 0.1) is 0 Å². The molecule has 0 saturated carbocycles. The van der Waals surface area contributed by atoms with Crippen LogP contribution < -0.4 is 0 Å². The Kier molecular flexibility index (Phi) is 4.37. The Morgan fingerprint density at radius 1 is 1.38 bits per heavy atom. The highest BCUT2D eigenvalue weighted by Gasteiger charge is 2.26. The van der Waals surface area contributed by atoms with Crippen LogP contribution in [0.2, 0.25) is 0 Å². The van der Waals surface area contributed by atoms with E-state index in [9.17, 15) is 0 Å². The largest absolute Gasteiger partial charge is 0.125 e. The summed E-state index contributed by atoms with van der Waals surface area (Å²) in [6, 6.07) is 8.90. The van der Waals surface area contributed by atoms with E-state index in [4.69, 9.17) is 0 Å². The van der Waals surface area contributed by atoms with Crippen LogP contribution in [-0.4, -0.2) is 11.1 Å². The molecule has 2 rings (SSSR count). The second-order valence-electron chi connectivity index (χ2n) is 4.94. The summed E-state index contributed by atoms with van der Waals surface area (Å²) < 4.78 is 0. The third-order valence-electron chi connectivity index (χ3n) is 3.53. The molecule has 2 unspecified atom stereocenters. The highest BCUT2D eigenvalue weighted by atomic mass is 79.9. The molecule has 16 heavy (non-hydrogen) atoms. The van der Waals surface area contributed by atoms with Crippen LogP contribution in [0.1, 0.15) is 31.7 Å². The Hall–Kier alpha value is 0.0500. The monoisotopic (exact) mass is 298 g/mol. The van der Waals surface area contributed by atoms with E-state index in [1.807, 2.05) is 11.8 Å². The first kappa shape index (κ1) is 12.5. The normalized spacial score (nSPS) is 21.1. The van der Waals surface area contributed by atoms with Gasteiger partial charge in [0, 0.05) is 16.0 Å². The topological polar surface area (TPSA) is 0 Å². The zero-order chi connectivity index (χ0) is 11.5. The molecule has 2 heteroatoms. The van der Waals surface area contributed by atoms with Crippen molar-refractivity contribution in [3.63, 3.8) is 0 Å². The second-order valence-corrected chi connectivity index (χ2v) is 6.65. The van der Waals surface area contributed by atoms with Crippen LogP contribution in [0.5, 0.6) is 0 Å². The third kappa shape index (κ3) is 2.65. The average molecular weight is 299 g/mol. The van der Waals surface area contributed by atoms with Crippen molar-refractivity contribution in [1.82, 2.24) is 0 Å². The minimum absolute atomic E-state index is 0.770. The van der Waals surface area contributed by atoms with Crippen molar-refractivity contribution in [2.24, 2.45) is 11.8 Å². The number of thioether (sulfide) groups is 1. The van der Waals surface area contributed by atoms with E-state index in [-0.39, 0.29) is 0 Å². The lowest BCUT2D eigenvalue weighted by Crippen LogP contribution is -2.14. The highest BCUT2D eigenvalue weighted by molar-refractivity contribution is 9.09. The predicted octanol–water partition coefficient (Wildman–Crippen LogP) is 4.93. The molecule has 0 amide bonds. The van der Waals surface area contributed by atoms with Crippen LogP contribution in [0.15, 0.2) is 29.2 Å². The maximum absolute atomic E-state index is 3.66. The quantitative estimate of drug-likeness (QED) is 0.710. The predicted molar refractivity (Wildman–Crippen MR) is 76.6 cm³/mol. The second kappa shape index (κ2) is 5.59. The summed E-state index contributed by atoms with van der Waals surface area (Å²) in [5, 5.41) is 1.13. The fraction of sp³-hybridized carbons (Fsp3) is 0.571. The zero-order valence-electron chi connectivity index (χ0n) is 9.95. The number of hydrogen-bond acceptors (Lipinski definition) is 1. The Labute approximate surface area is 111 Å². The Morgan fingerprint density at radius 3 is 2.81 bits per heavy atom. The summed E-state index contributed by atoms with van der Waals surface area (Å²) in [6.07, 6.45) is 1.33. The van der Waals surface area contributed by atoms with E-state index in [0.29, 0.717) is 0 Å². The third-order valence-corrected chi connectivity index (χ3v) is 5.61. The molecule has 88 valence electrons. The molecule has 0 bridgehead atoms. The lowest BCUT2D eigenvalue weighted by molar-refractivity contribution is 0.379. The van der Waals surface area contributed by atoms with Crippen LogP contribution in [0, 0.1) is 11.8 Å². The molecule has 0 fully saturated rings. The summed E-state index contributed by atoms with van der Waals surface area (Å²) >= 11 is 5.68. The molecule has 0 spiro atoms. The van der Waals surface area contributed by atoms with Crippen molar-refractivity contribution >= 4 is 27.7 Å². The van der Waals surface area contributed by atoms with Crippen LogP contribution in [0.4, 0.5) is 0 Å². The Balaban J connectivity index is 2.08. The van der Waals surface area contributed by atoms with Gasteiger partial charge in [-0.2, -0.15) is 0 Å². The summed E-state index contributed by atoms with van der Waals surface area (Å²) in [5.74, 6) is 3.62. The summed E-state index contributed by atoms with van der Waals surface area (Å²) in [4.78, 5) is 1.50. The summed E-state index contributed by atoms with van der Waals surface area (Å²) in [6.45, 7) is 4.67. The fourth-order valence-electron chi connectivity index (χ4n) is 2.30. The van der Waals surface area contributed by atoms with Crippen LogP contribution in [-0.2, 0) is 0 Å². The van der Waals surface area contributed by atoms with Gasteiger partial charge in [-0.3, -0.25) is 0 Å². The van der Waals surface area contributed by atoms with Crippen molar-refractivity contribution in [1.29, 1.82) is 0 Å². The lowest BCUT2D eigenvalue weighted by Gasteiger charge is -2.22. The van der Waals surface area contributed by atoms with Crippen molar-refractivity contribution in [3.8, 4) is 0 Å². The summed E-state index contributed by atoms with van der Waals surface area (Å²) in [5.41, 5.74) is 1.58. The molecule has 1 aromatic carbocycles. The number of alkyl halides is 1. The van der Waals surface area contributed by atoms with Gasteiger partial charge in [0.15, 0.2) is 0 Å². The molecule has 0 N–H and O–H groups in total. The number of rotatable bonds is 4. The van der Waals surface area contributed by atoms with Gasteiger partial charge in [-0.15, -0.1) is 11.8 Å². The molecule has 1 heterocycles. The van der Waals surface area contributed by atoms with Gasteiger partial charge < -0.3 is 0 Å². The highest BCUT2D eigenvalue weighted by Crippen LogP contribution is 2.43. The smallest absolute Gasteiger partial charge is 0.0107 e. The zero-order valence-corrected chi connectivity index (χ0v) is 12.4. The molecule has 1 aliphatic heterocycles. The van der Waals surface area contributed by atoms with Gasteiger partial charge in [0.2, 0.25) is 0 Å². The standard InChI is InChI=1S/C14H19BrS/c1-10(2)11(8-15)7-12-9-16-14-6-4-3-5-13(12)14/h3-6,10-12H,7-9H2,1-2H3. The minimum atomic E-state index is 0.770. The van der Waals surface area contributed by atoms with E-state index < -0.39 is 0 Å². The van der Waals surface area contributed by atoms with Crippen LogP contribution in [0.3, 0.4) is 0 Å². The maximum atomic E-state index is 3.66. The molecule has 0 aromatic heterocycles. The maximum Gasteiger partial charge on any atom is 0.0107 e. The molecule has 0 radical (unpaired) electrons. The SMILES string of the molecule is CC(C)C(CBr)CC1CSc2ccccc21. The number of halogens is 1. The summed E-state index contributed by atoms with van der Waals surface area (Å²) in [7, 11) is 0. The lowest BCUT2D eigenvalue weighted by atomic mass is 9.85. The molecule has 0 aliphatic carbocycles. The Morgan fingerprint density at radius 2 is 2.12 bits per heavy atom. The van der Waals surface area contributed by atoms with Gasteiger partial charge in [-0.05, 0) is 35.8 Å². The fourth-order valence-corrected chi connectivity index (χ4v) is 4.59. The van der Waals surface area contributed by atoms with Gasteiger partial charge >= 0.3 is 0 Å². The molecule has 1 aromatic rings. The van der Waals surface area contributed by atoms with E-state index in [0.717, 1.165) is 23.1 Å². The molecule has 0 saturated heterocycles. The molecule has 2 atom stereocenters. The average Bonchev–Trinajstić information content (AvgIpc) is 2.69. The number of fused-ring (bicyclic) bond motifs is 1. The van der Waals surface area contributed by atoms with Crippen molar-refractivity contribution in [3.05, 3.63) is 29.8 Å². The van der Waals surface area contributed by atoms with Gasteiger partial charge in [0.1, 0.15) is 0 Å². The van der Waals surface area contributed by atoms with Gasteiger partial charge in [-0.25, -0.2) is 0 Å². The van der Waals surface area contributed by atoms with Crippen molar-refractivity contribution in [2.75, 3.05) is 11.1 Å². The molecule has 0 nitrogen and oxygen atoms in total. The first-order chi connectivity index (χ1) is 7.72. The van der Waals surface area contributed by atoms with Crippen molar-refractivity contribution < 1.29 is 0 Å². The van der Waals surface area contributed by atoms with Crippen LogP contribution >= 0.6 is 27.7 Å². The molecular formula is C14H19BrS.